The maximum absolute atomic E-state index is 12.6. The van der Waals surface area contributed by atoms with Crippen LogP contribution in [-0.2, 0) is 10.0 Å². The van der Waals surface area contributed by atoms with Crippen LogP contribution in [0, 0.1) is 13.8 Å². The summed E-state index contributed by atoms with van der Waals surface area (Å²) in [5.41, 5.74) is 1.11. The summed E-state index contributed by atoms with van der Waals surface area (Å²) >= 11 is 1.30. The number of thiazole rings is 1. The van der Waals surface area contributed by atoms with Crippen molar-refractivity contribution in [3.05, 3.63) is 47.9 Å². The third kappa shape index (κ3) is 2.35. The maximum Gasteiger partial charge on any atom is 0.269 e. The molecule has 0 bridgehead atoms. The molecule has 0 saturated heterocycles. The number of hydrogen-bond acceptors (Lipinski definition) is 6. The molecular formula is C16H13N3O3S2. The van der Waals surface area contributed by atoms with Crippen molar-refractivity contribution in [1.29, 1.82) is 0 Å². The van der Waals surface area contributed by atoms with Crippen molar-refractivity contribution in [2.24, 2.45) is 0 Å². The first-order chi connectivity index (χ1) is 11.5. The number of hydrogen-bond donors (Lipinski definition) is 1. The highest BCUT2D eigenvalue weighted by atomic mass is 32.2. The number of sulfonamides is 1. The van der Waals surface area contributed by atoms with Gasteiger partial charge in [0, 0.05) is 5.39 Å². The number of fused-ring (bicyclic) bond motifs is 3. The van der Waals surface area contributed by atoms with Crippen LogP contribution in [0.1, 0.15) is 11.5 Å². The molecule has 1 N–H and O–H groups in total. The van der Waals surface area contributed by atoms with E-state index in [0.29, 0.717) is 10.8 Å². The predicted octanol–water partition coefficient (Wildman–Crippen LogP) is 3.86. The van der Waals surface area contributed by atoms with Crippen LogP contribution in [0.25, 0.3) is 21.0 Å². The van der Waals surface area contributed by atoms with Crippen molar-refractivity contribution in [3.8, 4) is 0 Å². The van der Waals surface area contributed by atoms with E-state index in [0.717, 1.165) is 21.0 Å². The van der Waals surface area contributed by atoms with Gasteiger partial charge in [-0.3, -0.25) is 4.72 Å². The first-order valence-electron chi connectivity index (χ1n) is 7.20. The Morgan fingerprint density at radius 2 is 1.92 bits per heavy atom. The zero-order chi connectivity index (χ0) is 16.9. The Hall–Kier alpha value is -2.45. The first kappa shape index (κ1) is 15.1. The maximum atomic E-state index is 12.6. The molecule has 0 aliphatic rings. The van der Waals surface area contributed by atoms with Crippen LogP contribution >= 0.6 is 11.3 Å². The lowest BCUT2D eigenvalue weighted by Crippen LogP contribution is -2.14. The van der Waals surface area contributed by atoms with Crippen molar-refractivity contribution in [2.45, 2.75) is 18.7 Å². The molecule has 0 saturated carbocycles. The fourth-order valence-electron chi connectivity index (χ4n) is 2.73. The Balaban J connectivity index is 1.82. The van der Waals surface area contributed by atoms with Gasteiger partial charge in [-0.25, -0.2) is 13.4 Å². The molecule has 6 nitrogen and oxygen atoms in total. The lowest BCUT2D eigenvalue weighted by Gasteiger charge is -2.03. The second kappa shape index (κ2) is 5.29. The summed E-state index contributed by atoms with van der Waals surface area (Å²) in [6.07, 6.45) is 0. The van der Waals surface area contributed by atoms with E-state index in [1.807, 2.05) is 36.4 Å². The molecule has 8 heteroatoms. The predicted molar refractivity (Wildman–Crippen MR) is 93.9 cm³/mol. The van der Waals surface area contributed by atoms with Gasteiger partial charge in [0.1, 0.15) is 5.69 Å². The third-order valence-corrected chi connectivity index (χ3v) is 6.39. The van der Waals surface area contributed by atoms with E-state index in [1.54, 1.807) is 13.8 Å². The van der Waals surface area contributed by atoms with Crippen LogP contribution in [0.3, 0.4) is 0 Å². The quantitative estimate of drug-likeness (QED) is 0.600. The van der Waals surface area contributed by atoms with Gasteiger partial charge in [-0.2, -0.15) is 0 Å². The topological polar surface area (TPSA) is 85.1 Å². The molecule has 122 valence electrons. The van der Waals surface area contributed by atoms with Crippen LogP contribution < -0.4 is 4.72 Å². The minimum absolute atomic E-state index is 0.0617. The van der Waals surface area contributed by atoms with Crippen LogP contribution in [0.4, 0.5) is 5.13 Å². The molecule has 0 radical (unpaired) electrons. The molecule has 0 atom stereocenters. The third-order valence-electron chi connectivity index (χ3n) is 3.74. The van der Waals surface area contributed by atoms with Crippen molar-refractivity contribution in [2.75, 3.05) is 4.72 Å². The van der Waals surface area contributed by atoms with Crippen molar-refractivity contribution in [1.82, 2.24) is 10.1 Å². The lowest BCUT2D eigenvalue weighted by molar-refractivity contribution is 0.390. The van der Waals surface area contributed by atoms with E-state index >= 15 is 0 Å². The summed E-state index contributed by atoms with van der Waals surface area (Å²) in [7, 11) is -3.79. The molecule has 0 aliphatic heterocycles. The molecule has 2 aromatic carbocycles. The van der Waals surface area contributed by atoms with Crippen LogP contribution in [0.5, 0.6) is 0 Å². The molecule has 24 heavy (non-hydrogen) atoms. The smallest absolute Gasteiger partial charge is 0.269 e. The van der Waals surface area contributed by atoms with Gasteiger partial charge in [0.25, 0.3) is 10.0 Å². The summed E-state index contributed by atoms with van der Waals surface area (Å²) in [5.74, 6) is 0.256. The molecular weight excluding hydrogens is 346 g/mol. The largest absolute Gasteiger partial charge is 0.360 e. The molecule has 0 spiro atoms. The highest BCUT2D eigenvalue weighted by molar-refractivity contribution is 7.93. The normalized spacial score (nSPS) is 12.1. The summed E-state index contributed by atoms with van der Waals surface area (Å²) in [4.78, 5) is 4.53. The summed E-state index contributed by atoms with van der Waals surface area (Å²) in [5, 5.41) is 6.08. The van der Waals surface area contributed by atoms with Crippen molar-refractivity contribution >= 4 is 47.5 Å². The number of nitrogens with zero attached hydrogens (tertiary/aromatic N) is 2. The van der Waals surface area contributed by atoms with Crippen molar-refractivity contribution in [3.63, 3.8) is 0 Å². The van der Waals surface area contributed by atoms with Crippen molar-refractivity contribution < 1.29 is 12.9 Å². The highest BCUT2D eigenvalue weighted by Crippen LogP contribution is 2.33. The van der Waals surface area contributed by atoms with Gasteiger partial charge in [0.05, 0.1) is 10.2 Å². The number of rotatable bonds is 3. The van der Waals surface area contributed by atoms with E-state index < -0.39 is 10.0 Å². The SMILES string of the molecule is Cc1noc(C)c1S(=O)(=O)Nc1nc2c(ccc3ccccc32)s1. The van der Waals surface area contributed by atoms with Gasteiger partial charge < -0.3 is 4.52 Å². The van der Waals surface area contributed by atoms with Gasteiger partial charge in [-0.15, -0.1) is 0 Å². The average molecular weight is 359 g/mol. The molecule has 2 aromatic heterocycles. The fraction of sp³-hybridized carbons (Fsp3) is 0.125. The molecule has 0 unspecified atom stereocenters. The van der Waals surface area contributed by atoms with E-state index in [-0.39, 0.29) is 10.7 Å². The van der Waals surface area contributed by atoms with E-state index in [9.17, 15) is 8.42 Å². The average Bonchev–Trinajstić information content (AvgIpc) is 3.09. The number of anilines is 1. The second-order valence-corrected chi connectivity index (χ2v) is 8.06. The fourth-order valence-corrected chi connectivity index (χ4v) is 5.18. The number of aromatic nitrogens is 2. The van der Waals surface area contributed by atoms with Gasteiger partial charge in [0.15, 0.2) is 15.8 Å². The molecule has 0 amide bonds. The Bertz CT molecular complexity index is 1160. The van der Waals surface area contributed by atoms with Gasteiger partial charge in [-0.1, -0.05) is 46.8 Å². The monoisotopic (exact) mass is 359 g/mol. The molecule has 4 rings (SSSR count). The minimum Gasteiger partial charge on any atom is -0.360 e. The van der Waals surface area contributed by atoms with Gasteiger partial charge >= 0.3 is 0 Å². The minimum atomic E-state index is -3.79. The van der Waals surface area contributed by atoms with E-state index in [2.05, 4.69) is 14.9 Å². The Morgan fingerprint density at radius 3 is 2.67 bits per heavy atom. The Labute approximate surface area is 142 Å². The highest BCUT2D eigenvalue weighted by Gasteiger charge is 2.25. The van der Waals surface area contributed by atoms with Gasteiger partial charge in [-0.05, 0) is 25.3 Å². The molecule has 4 aromatic rings. The molecule has 0 fully saturated rings. The summed E-state index contributed by atoms with van der Waals surface area (Å²) < 4.78 is 33.6. The summed E-state index contributed by atoms with van der Waals surface area (Å²) in [6.45, 7) is 3.16. The zero-order valence-corrected chi connectivity index (χ0v) is 14.5. The molecule has 0 aliphatic carbocycles. The van der Waals surface area contributed by atoms with Crippen LogP contribution in [0.15, 0.2) is 45.8 Å². The van der Waals surface area contributed by atoms with E-state index in [1.165, 1.54) is 11.3 Å². The Kier molecular flexibility index (Phi) is 3.33. The number of aryl methyl sites for hydroxylation is 2. The Morgan fingerprint density at radius 1 is 1.12 bits per heavy atom. The molecule has 2 heterocycles. The number of benzene rings is 2. The first-order valence-corrected chi connectivity index (χ1v) is 9.50. The van der Waals surface area contributed by atoms with Gasteiger partial charge in [0.2, 0.25) is 0 Å². The standard InChI is InChI=1S/C16H13N3O3S2/c1-9-15(10(2)22-18-9)24(20,21)19-16-17-14-12-6-4-3-5-11(12)7-8-13(14)23-16/h3-8H,1-2H3,(H,17,19). The summed E-state index contributed by atoms with van der Waals surface area (Å²) in [6, 6.07) is 11.8. The lowest BCUT2D eigenvalue weighted by atomic mass is 10.1. The van der Waals surface area contributed by atoms with Crippen LogP contribution in [0.2, 0.25) is 0 Å². The number of nitrogens with one attached hydrogen (secondary N) is 1. The van der Waals surface area contributed by atoms with E-state index in [4.69, 9.17) is 4.52 Å². The second-order valence-electron chi connectivity index (χ2n) is 5.41. The van der Waals surface area contributed by atoms with Crippen LogP contribution in [-0.4, -0.2) is 18.6 Å². The zero-order valence-electron chi connectivity index (χ0n) is 12.9.